The average molecular weight is 319 g/mol. The molecule has 0 bridgehead atoms. The van der Waals surface area contributed by atoms with Gasteiger partial charge in [0.1, 0.15) is 5.60 Å². The minimum absolute atomic E-state index is 0.0357. The molecule has 2 unspecified atom stereocenters. The Kier molecular flexibility index (Phi) is 5.29. The van der Waals surface area contributed by atoms with E-state index in [4.69, 9.17) is 4.74 Å². The summed E-state index contributed by atoms with van der Waals surface area (Å²) in [6.45, 7) is 6.17. The molecule has 1 amide bonds. The van der Waals surface area contributed by atoms with Crippen LogP contribution in [-0.4, -0.2) is 40.8 Å². The van der Waals surface area contributed by atoms with Crippen molar-refractivity contribution in [3.05, 3.63) is 35.9 Å². The molecule has 23 heavy (non-hydrogen) atoms. The molecule has 0 saturated carbocycles. The molecule has 5 nitrogen and oxygen atoms in total. The largest absolute Gasteiger partial charge is 0.481 e. The van der Waals surface area contributed by atoms with Crippen LogP contribution in [0, 0.1) is 11.8 Å². The highest BCUT2D eigenvalue weighted by atomic mass is 16.6. The van der Waals surface area contributed by atoms with E-state index in [-0.39, 0.29) is 12.5 Å². The van der Waals surface area contributed by atoms with Crippen LogP contribution >= 0.6 is 0 Å². The van der Waals surface area contributed by atoms with Gasteiger partial charge >= 0.3 is 12.1 Å². The van der Waals surface area contributed by atoms with Gasteiger partial charge in [-0.1, -0.05) is 30.3 Å². The molecule has 0 spiro atoms. The Hall–Kier alpha value is -2.04. The molecular formula is C18H25NO4. The van der Waals surface area contributed by atoms with E-state index in [0.29, 0.717) is 13.0 Å². The quantitative estimate of drug-likeness (QED) is 0.929. The van der Waals surface area contributed by atoms with Crippen LogP contribution in [0.25, 0.3) is 0 Å². The predicted octanol–water partition coefficient (Wildman–Crippen LogP) is 3.19. The number of hydrogen-bond donors (Lipinski definition) is 1. The van der Waals surface area contributed by atoms with Crippen LogP contribution in [0.5, 0.6) is 0 Å². The summed E-state index contributed by atoms with van der Waals surface area (Å²) in [6, 6.07) is 9.89. The number of nitrogens with zero attached hydrogens (tertiary/aromatic N) is 1. The van der Waals surface area contributed by atoms with E-state index in [1.807, 2.05) is 51.1 Å². The van der Waals surface area contributed by atoms with Gasteiger partial charge in [-0.3, -0.25) is 4.79 Å². The van der Waals surface area contributed by atoms with Gasteiger partial charge < -0.3 is 14.7 Å². The van der Waals surface area contributed by atoms with Gasteiger partial charge in [0.05, 0.1) is 5.92 Å². The molecule has 1 saturated heterocycles. The number of carboxylic acids is 1. The zero-order valence-electron chi connectivity index (χ0n) is 14.0. The van der Waals surface area contributed by atoms with Gasteiger partial charge in [0.25, 0.3) is 0 Å². The first-order valence-electron chi connectivity index (χ1n) is 8.01. The third kappa shape index (κ3) is 4.98. The molecule has 0 aliphatic carbocycles. The monoisotopic (exact) mass is 319 g/mol. The second-order valence-electron chi connectivity index (χ2n) is 7.11. The Bertz CT molecular complexity index is 550. The van der Waals surface area contributed by atoms with E-state index in [1.165, 1.54) is 4.90 Å². The minimum atomic E-state index is -0.848. The first-order valence-corrected chi connectivity index (χ1v) is 8.01. The number of rotatable bonds is 3. The van der Waals surface area contributed by atoms with Crippen molar-refractivity contribution in [3.8, 4) is 0 Å². The molecule has 1 heterocycles. The molecule has 1 aromatic rings. The molecule has 0 aromatic heterocycles. The van der Waals surface area contributed by atoms with Crippen LogP contribution in [0.2, 0.25) is 0 Å². The highest BCUT2D eigenvalue weighted by Gasteiger charge is 2.37. The topological polar surface area (TPSA) is 66.8 Å². The van der Waals surface area contributed by atoms with E-state index in [2.05, 4.69) is 0 Å². The highest BCUT2D eigenvalue weighted by Crippen LogP contribution is 2.28. The third-order valence-corrected chi connectivity index (χ3v) is 4.07. The van der Waals surface area contributed by atoms with Crippen molar-refractivity contribution in [2.75, 3.05) is 13.1 Å². The van der Waals surface area contributed by atoms with Crippen molar-refractivity contribution in [2.45, 2.75) is 39.2 Å². The van der Waals surface area contributed by atoms with E-state index < -0.39 is 23.6 Å². The number of piperidine rings is 1. The second kappa shape index (κ2) is 7.02. The van der Waals surface area contributed by atoms with Crippen LogP contribution in [-0.2, 0) is 16.0 Å². The van der Waals surface area contributed by atoms with Gasteiger partial charge in [0.15, 0.2) is 0 Å². The lowest BCUT2D eigenvalue weighted by Crippen LogP contribution is -2.48. The zero-order valence-corrected chi connectivity index (χ0v) is 14.0. The molecular weight excluding hydrogens is 294 g/mol. The lowest BCUT2D eigenvalue weighted by Gasteiger charge is -2.37. The summed E-state index contributed by atoms with van der Waals surface area (Å²) in [7, 11) is 0. The standard InChI is InChI=1S/C18H25NO4/c1-18(2,3)23-17(22)19-10-9-14(15(12-19)16(20)21)11-13-7-5-4-6-8-13/h4-8,14-15H,9-12H2,1-3H3,(H,20,21). The maximum absolute atomic E-state index is 12.2. The molecule has 126 valence electrons. The average Bonchev–Trinajstić information content (AvgIpc) is 2.46. The van der Waals surface area contributed by atoms with E-state index >= 15 is 0 Å². The SMILES string of the molecule is CC(C)(C)OC(=O)N1CCC(Cc2ccccc2)C(C(=O)O)C1. The van der Waals surface area contributed by atoms with Gasteiger partial charge in [0, 0.05) is 13.1 Å². The summed E-state index contributed by atoms with van der Waals surface area (Å²) in [4.78, 5) is 25.3. The Morgan fingerprint density at radius 3 is 2.48 bits per heavy atom. The minimum Gasteiger partial charge on any atom is -0.481 e. The van der Waals surface area contributed by atoms with Gasteiger partial charge in [0.2, 0.25) is 0 Å². The number of ether oxygens (including phenoxy) is 1. The first-order chi connectivity index (χ1) is 10.8. The summed E-state index contributed by atoms with van der Waals surface area (Å²) < 4.78 is 5.35. The number of amides is 1. The molecule has 1 aliphatic rings. The number of carboxylic acid groups (broad SMARTS) is 1. The number of hydrogen-bond acceptors (Lipinski definition) is 3. The van der Waals surface area contributed by atoms with Crippen molar-refractivity contribution in [1.82, 2.24) is 4.90 Å². The van der Waals surface area contributed by atoms with Gasteiger partial charge in [-0.15, -0.1) is 0 Å². The Balaban J connectivity index is 2.03. The third-order valence-electron chi connectivity index (χ3n) is 4.07. The second-order valence-corrected chi connectivity index (χ2v) is 7.11. The maximum atomic E-state index is 12.2. The number of carbonyl (C=O) groups excluding carboxylic acids is 1. The fourth-order valence-electron chi connectivity index (χ4n) is 2.93. The summed E-state index contributed by atoms with van der Waals surface area (Å²) in [5.41, 5.74) is 0.561. The fourth-order valence-corrected chi connectivity index (χ4v) is 2.93. The summed E-state index contributed by atoms with van der Waals surface area (Å²) in [6.07, 6.45) is 0.965. The molecule has 2 atom stereocenters. The van der Waals surface area contributed by atoms with Gasteiger partial charge in [-0.05, 0) is 45.1 Å². The van der Waals surface area contributed by atoms with Crippen LogP contribution in [0.4, 0.5) is 4.79 Å². The van der Waals surface area contributed by atoms with E-state index in [0.717, 1.165) is 12.0 Å². The Labute approximate surface area is 137 Å². The molecule has 2 rings (SSSR count). The van der Waals surface area contributed by atoms with E-state index in [9.17, 15) is 14.7 Å². The van der Waals surface area contributed by atoms with Crippen LogP contribution in [0.3, 0.4) is 0 Å². The molecule has 1 aromatic carbocycles. The zero-order chi connectivity index (χ0) is 17.0. The molecule has 1 N–H and O–H groups in total. The first kappa shape index (κ1) is 17.3. The Morgan fingerprint density at radius 2 is 1.91 bits per heavy atom. The van der Waals surface area contributed by atoms with Crippen molar-refractivity contribution in [1.29, 1.82) is 0 Å². The van der Waals surface area contributed by atoms with Gasteiger partial charge in [-0.25, -0.2) is 4.79 Å². The van der Waals surface area contributed by atoms with Crippen molar-refractivity contribution < 1.29 is 19.4 Å². The number of aliphatic carboxylic acids is 1. The lowest BCUT2D eigenvalue weighted by atomic mass is 9.81. The maximum Gasteiger partial charge on any atom is 0.410 e. The normalized spacial score (nSPS) is 21.8. The van der Waals surface area contributed by atoms with Crippen LogP contribution in [0.1, 0.15) is 32.8 Å². The van der Waals surface area contributed by atoms with Crippen molar-refractivity contribution in [2.24, 2.45) is 11.8 Å². The number of likely N-dealkylation sites (tertiary alicyclic amines) is 1. The van der Waals surface area contributed by atoms with Crippen LogP contribution in [0.15, 0.2) is 30.3 Å². The number of carbonyl (C=O) groups is 2. The molecule has 1 aliphatic heterocycles. The van der Waals surface area contributed by atoms with Gasteiger partial charge in [-0.2, -0.15) is 0 Å². The smallest absolute Gasteiger partial charge is 0.410 e. The van der Waals surface area contributed by atoms with Crippen molar-refractivity contribution >= 4 is 12.1 Å². The Morgan fingerprint density at radius 1 is 1.26 bits per heavy atom. The molecule has 1 fully saturated rings. The summed E-state index contributed by atoms with van der Waals surface area (Å²) >= 11 is 0. The van der Waals surface area contributed by atoms with Crippen LogP contribution < -0.4 is 0 Å². The molecule has 0 radical (unpaired) electrons. The van der Waals surface area contributed by atoms with E-state index in [1.54, 1.807) is 0 Å². The lowest BCUT2D eigenvalue weighted by molar-refractivity contribution is -0.145. The molecule has 5 heteroatoms. The summed E-state index contributed by atoms with van der Waals surface area (Å²) in [5.74, 6) is -1.37. The highest BCUT2D eigenvalue weighted by molar-refractivity contribution is 5.73. The fraction of sp³-hybridized carbons (Fsp3) is 0.556. The van der Waals surface area contributed by atoms with Crippen molar-refractivity contribution in [3.63, 3.8) is 0 Å². The number of benzene rings is 1. The summed E-state index contributed by atoms with van der Waals surface area (Å²) in [5, 5.41) is 9.54. The predicted molar refractivity (Wildman–Crippen MR) is 87.2 cm³/mol.